The SMILES string of the molecule is O=C(Cn1c(SC(F)F)nc2ccccc21)N[C@H]1CCc2ccccc21. The molecule has 4 rings (SSSR count). The van der Waals surface area contributed by atoms with Gasteiger partial charge < -0.3 is 9.88 Å². The predicted octanol–water partition coefficient (Wildman–Crippen LogP) is 4.15. The molecule has 0 saturated carbocycles. The first-order valence-electron chi connectivity index (χ1n) is 8.39. The van der Waals surface area contributed by atoms with Gasteiger partial charge in [-0.25, -0.2) is 4.98 Å². The number of para-hydroxylation sites is 2. The number of thioether (sulfide) groups is 1. The molecule has 1 aromatic heterocycles. The van der Waals surface area contributed by atoms with Crippen molar-refractivity contribution in [2.75, 3.05) is 0 Å². The fraction of sp³-hybridized carbons (Fsp3) is 0.263. The van der Waals surface area contributed by atoms with Crippen LogP contribution in [-0.4, -0.2) is 21.2 Å². The summed E-state index contributed by atoms with van der Waals surface area (Å²) in [5, 5.41) is 3.19. The first-order valence-corrected chi connectivity index (χ1v) is 9.27. The summed E-state index contributed by atoms with van der Waals surface area (Å²) in [7, 11) is 0. The van der Waals surface area contributed by atoms with Crippen LogP contribution in [0.5, 0.6) is 0 Å². The van der Waals surface area contributed by atoms with Crippen LogP contribution in [0.3, 0.4) is 0 Å². The summed E-state index contributed by atoms with van der Waals surface area (Å²) in [5.74, 6) is -2.79. The van der Waals surface area contributed by atoms with Gasteiger partial charge in [0.15, 0.2) is 5.16 Å². The standard InChI is InChI=1S/C19H17F2N3OS/c20-18(21)26-19-23-15-7-3-4-8-16(15)24(19)11-17(25)22-14-10-9-12-5-1-2-6-13(12)14/h1-8,14,18H,9-11H2,(H,22,25)/t14-/m0/s1. The minimum absolute atomic E-state index is 0.0281. The number of benzene rings is 2. The van der Waals surface area contributed by atoms with Gasteiger partial charge in [-0.15, -0.1) is 0 Å². The van der Waals surface area contributed by atoms with Crippen molar-refractivity contribution in [2.24, 2.45) is 0 Å². The molecule has 26 heavy (non-hydrogen) atoms. The topological polar surface area (TPSA) is 46.9 Å². The Hall–Kier alpha value is -2.41. The van der Waals surface area contributed by atoms with Gasteiger partial charge in [0.25, 0.3) is 5.76 Å². The quantitative estimate of drug-likeness (QED) is 0.684. The lowest BCUT2D eigenvalue weighted by molar-refractivity contribution is -0.122. The highest BCUT2D eigenvalue weighted by molar-refractivity contribution is 7.99. The molecule has 7 heteroatoms. The molecule has 3 aromatic rings. The molecule has 1 aliphatic rings. The minimum Gasteiger partial charge on any atom is -0.348 e. The molecule has 134 valence electrons. The van der Waals surface area contributed by atoms with E-state index in [4.69, 9.17) is 0 Å². The number of fused-ring (bicyclic) bond motifs is 2. The van der Waals surface area contributed by atoms with Crippen molar-refractivity contribution in [3.8, 4) is 0 Å². The first kappa shape index (κ1) is 17.0. The molecule has 1 N–H and O–H groups in total. The van der Waals surface area contributed by atoms with Crippen LogP contribution in [0.15, 0.2) is 53.7 Å². The average molecular weight is 373 g/mol. The Balaban J connectivity index is 1.56. The van der Waals surface area contributed by atoms with Crippen LogP contribution < -0.4 is 5.32 Å². The Labute approximate surface area is 153 Å². The number of nitrogens with one attached hydrogen (secondary N) is 1. The monoisotopic (exact) mass is 373 g/mol. The Morgan fingerprint density at radius 2 is 2.00 bits per heavy atom. The maximum Gasteiger partial charge on any atom is 0.291 e. The molecule has 0 fully saturated rings. The molecular formula is C19H17F2N3OS. The van der Waals surface area contributed by atoms with E-state index in [1.807, 2.05) is 24.3 Å². The van der Waals surface area contributed by atoms with Crippen LogP contribution in [0.25, 0.3) is 11.0 Å². The number of aryl methyl sites for hydroxylation is 1. The Kier molecular flexibility index (Phi) is 4.63. The normalized spacial score (nSPS) is 16.2. The van der Waals surface area contributed by atoms with Crippen LogP contribution in [0.1, 0.15) is 23.6 Å². The summed E-state index contributed by atoms with van der Waals surface area (Å²) in [6.45, 7) is -0.0335. The molecular weight excluding hydrogens is 356 g/mol. The second-order valence-electron chi connectivity index (χ2n) is 6.21. The highest BCUT2D eigenvalue weighted by atomic mass is 32.2. The van der Waals surface area contributed by atoms with Gasteiger partial charge in [0.05, 0.1) is 17.1 Å². The van der Waals surface area contributed by atoms with Crippen molar-refractivity contribution in [3.05, 3.63) is 59.7 Å². The van der Waals surface area contributed by atoms with Crippen molar-refractivity contribution in [3.63, 3.8) is 0 Å². The molecule has 2 aromatic carbocycles. The van der Waals surface area contributed by atoms with Crippen molar-refractivity contribution < 1.29 is 13.6 Å². The molecule has 0 aliphatic heterocycles. The van der Waals surface area contributed by atoms with E-state index in [0.29, 0.717) is 22.8 Å². The summed E-state index contributed by atoms with van der Waals surface area (Å²) < 4.78 is 27.3. The van der Waals surface area contributed by atoms with Gasteiger partial charge in [0.1, 0.15) is 6.54 Å². The zero-order valence-corrected chi connectivity index (χ0v) is 14.7. The fourth-order valence-corrected chi connectivity index (χ4v) is 4.07. The second kappa shape index (κ2) is 7.07. The summed E-state index contributed by atoms with van der Waals surface area (Å²) in [5.41, 5.74) is 3.67. The van der Waals surface area contributed by atoms with Gasteiger partial charge in [-0.2, -0.15) is 8.78 Å². The number of hydrogen-bond acceptors (Lipinski definition) is 3. The summed E-state index contributed by atoms with van der Waals surface area (Å²) in [6.07, 6.45) is 1.79. The third-order valence-electron chi connectivity index (χ3n) is 4.58. The van der Waals surface area contributed by atoms with Gasteiger partial charge in [0.2, 0.25) is 5.91 Å². The van der Waals surface area contributed by atoms with E-state index in [9.17, 15) is 13.6 Å². The minimum atomic E-state index is -2.59. The number of halogens is 2. The predicted molar refractivity (Wildman–Crippen MR) is 97.2 cm³/mol. The van der Waals surface area contributed by atoms with Crippen molar-refractivity contribution in [2.45, 2.75) is 36.3 Å². The maximum absolute atomic E-state index is 12.9. The highest BCUT2D eigenvalue weighted by Crippen LogP contribution is 2.31. The van der Waals surface area contributed by atoms with Gasteiger partial charge >= 0.3 is 0 Å². The lowest BCUT2D eigenvalue weighted by atomic mass is 10.1. The van der Waals surface area contributed by atoms with E-state index in [2.05, 4.69) is 16.4 Å². The van der Waals surface area contributed by atoms with Crippen molar-refractivity contribution in [1.29, 1.82) is 0 Å². The van der Waals surface area contributed by atoms with Crippen LogP contribution in [-0.2, 0) is 17.8 Å². The number of aromatic nitrogens is 2. The maximum atomic E-state index is 12.9. The summed E-state index contributed by atoms with van der Waals surface area (Å²) in [4.78, 5) is 16.8. The average Bonchev–Trinajstić information content (AvgIpc) is 3.17. The molecule has 1 aliphatic carbocycles. The Bertz CT molecular complexity index is 957. The molecule has 4 nitrogen and oxygen atoms in total. The van der Waals surface area contributed by atoms with E-state index >= 15 is 0 Å². The van der Waals surface area contributed by atoms with Crippen LogP contribution in [0, 0.1) is 0 Å². The summed E-state index contributed by atoms with van der Waals surface area (Å²) >= 11 is 0.363. The van der Waals surface area contributed by atoms with Crippen LogP contribution in [0.4, 0.5) is 8.78 Å². The molecule has 0 unspecified atom stereocenters. The van der Waals surface area contributed by atoms with Gasteiger partial charge in [0, 0.05) is 0 Å². The number of hydrogen-bond donors (Lipinski definition) is 1. The number of alkyl halides is 2. The second-order valence-corrected chi connectivity index (χ2v) is 7.16. The van der Waals surface area contributed by atoms with E-state index in [1.165, 1.54) is 5.56 Å². The Morgan fingerprint density at radius 1 is 1.23 bits per heavy atom. The first-order chi connectivity index (χ1) is 12.6. The van der Waals surface area contributed by atoms with Gasteiger partial charge in [-0.1, -0.05) is 36.4 Å². The lowest BCUT2D eigenvalue weighted by Gasteiger charge is -2.15. The van der Waals surface area contributed by atoms with E-state index < -0.39 is 5.76 Å². The fourth-order valence-electron chi connectivity index (χ4n) is 3.47. The molecule has 0 saturated heterocycles. The molecule has 0 radical (unpaired) electrons. The Morgan fingerprint density at radius 3 is 2.85 bits per heavy atom. The van der Waals surface area contributed by atoms with E-state index in [0.717, 1.165) is 18.4 Å². The highest BCUT2D eigenvalue weighted by Gasteiger charge is 2.24. The number of nitrogens with zero attached hydrogens (tertiary/aromatic N) is 2. The molecule has 0 spiro atoms. The zero-order valence-electron chi connectivity index (χ0n) is 13.9. The van der Waals surface area contributed by atoms with Gasteiger partial charge in [-0.3, -0.25) is 4.79 Å². The third kappa shape index (κ3) is 3.31. The third-order valence-corrected chi connectivity index (χ3v) is 5.28. The van der Waals surface area contributed by atoms with Gasteiger partial charge in [-0.05, 0) is 47.9 Å². The number of rotatable bonds is 5. The lowest BCUT2D eigenvalue weighted by Crippen LogP contribution is -2.30. The molecule has 1 atom stereocenters. The van der Waals surface area contributed by atoms with Crippen molar-refractivity contribution in [1.82, 2.24) is 14.9 Å². The molecule has 1 heterocycles. The number of imidazole rings is 1. The number of carbonyl (C=O) groups excluding carboxylic acids is 1. The largest absolute Gasteiger partial charge is 0.348 e. The molecule has 1 amide bonds. The van der Waals surface area contributed by atoms with Crippen molar-refractivity contribution >= 4 is 28.7 Å². The van der Waals surface area contributed by atoms with Crippen LogP contribution >= 0.6 is 11.8 Å². The van der Waals surface area contributed by atoms with Crippen LogP contribution in [0.2, 0.25) is 0 Å². The number of carbonyl (C=O) groups is 1. The zero-order chi connectivity index (χ0) is 18.1. The smallest absolute Gasteiger partial charge is 0.291 e. The van der Waals surface area contributed by atoms with E-state index in [1.54, 1.807) is 22.8 Å². The summed E-state index contributed by atoms with van der Waals surface area (Å²) in [6, 6.07) is 15.2. The van der Waals surface area contributed by atoms with E-state index in [-0.39, 0.29) is 23.7 Å². The molecule has 0 bridgehead atoms. The number of amides is 1.